The Morgan fingerprint density at radius 2 is 1.95 bits per heavy atom. The van der Waals surface area contributed by atoms with E-state index in [1.807, 2.05) is 49.8 Å². The molecule has 3 fully saturated rings. The third-order valence-corrected chi connectivity index (χ3v) is 12.5. The van der Waals surface area contributed by atoms with Crippen LogP contribution in [0.1, 0.15) is 83.2 Å². The number of carbonyl (C=O) groups is 3. The Morgan fingerprint density at radius 1 is 1.16 bits per heavy atom. The van der Waals surface area contributed by atoms with E-state index in [2.05, 4.69) is 32.0 Å². The number of amides is 3. The summed E-state index contributed by atoms with van der Waals surface area (Å²) >= 11 is 0. The van der Waals surface area contributed by atoms with Crippen molar-refractivity contribution >= 4 is 39.8 Å². The number of nitrogens with one attached hydrogen (secondary N) is 3. The lowest BCUT2D eigenvalue weighted by Gasteiger charge is -2.35. The maximum Gasteiger partial charge on any atom is 0.316 e. The van der Waals surface area contributed by atoms with E-state index in [9.17, 15) is 31.6 Å². The summed E-state index contributed by atoms with van der Waals surface area (Å²) in [6.07, 6.45) is 5.68. The second kappa shape index (κ2) is 14.6. The number of anilines is 1. The number of alkyl halides is 2. The minimum atomic E-state index is -4.11. The van der Waals surface area contributed by atoms with Crippen LogP contribution in [0.25, 0.3) is 17.3 Å². The molecule has 16 nitrogen and oxygen atoms in total. The van der Waals surface area contributed by atoms with Crippen LogP contribution in [-0.4, -0.2) is 99.2 Å². The first kappa shape index (κ1) is 38.3. The Labute approximate surface area is 316 Å². The largest absolute Gasteiger partial charge is 0.496 e. The molecular formula is C36H45F2N9O7S. The van der Waals surface area contributed by atoms with Gasteiger partial charge in [-0.15, -0.1) is 5.10 Å². The predicted molar refractivity (Wildman–Crippen MR) is 194 cm³/mol. The summed E-state index contributed by atoms with van der Waals surface area (Å²) in [4.78, 5) is 45.0. The predicted octanol–water partition coefficient (Wildman–Crippen LogP) is 3.49. The number of hydrogen-bond donors (Lipinski definition) is 3. The maximum absolute atomic E-state index is 14.6. The van der Waals surface area contributed by atoms with Gasteiger partial charge in [0.05, 0.1) is 30.5 Å². The number of sulfonamides is 1. The second-order valence-electron chi connectivity index (χ2n) is 15.8. The number of allylic oxidation sites excluding steroid dienone is 1. The van der Waals surface area contributed by atoms with Gasteiger partial charge in [0.15, 0.2) is 0 Å². The van der Waals surface area contributed by atoms with Crippen molar-refractivity contribution in [3.05, 3.63) is 41.9 Å². The zero-order valence-corrected chi connectivity index (χ0v) is 31.8. The maximum atomic E-state index is 14.6. The van der Waals surface area contributed by atoms with Gasteiger partial charge in [0.2, 0.25) is 34.2 Å². The van der Waals surface area contributed by atoms with E-state index in [0.717, 1.165) is 30.4 Å². The number of aromatic nitrogens is 5. The van der Waals surface area contributed by atoms with Gasteiger partial charge in [-0.3, -0.25) is 19.1 Å². The number of carbonyl (C=O) groups excluding carboxylic acids is 3. The highest BCUT2D eigenvalue weighted by atomic mass is 32.2. The van der Waals surface area contributed by atoms with E-state index in [4.69, 9.17) is 14.3 Å². The fraction of sp³-hybridized carbons (Fsp3) is 0.583. The van der Waals surface area contributed by atoms with Crippen molar-refractivity contribution < 1.29 is 40.7 Å². The number of hydrogen-bond acceptors (Lipinski definition) is 12. The number of rotatable bonds is 7. The zero-order chi connectivity index (χ0) is 39.3. The van der Waals surface area contributed by atoms with Gasteiger partial charge in [0, 0.05) is 30.5 Å². The van der Waals surface area contributed by atoms with Crippen LogP contribution >= 0.6 is 0 Å². The lowest BCUT2D eigenvalue weighted by Crippen LogP contribution is -2.59. The molecule has 5 atom stereocenters. The third-order valence-electron chi connectivity index (χ3n) is 10.7. The number of nitrogens with zero attached hydrogens (tertiary/aromatic N) is 6. The van der Waals surface area contributed by atoms with Gasteiger partial charge >= 0.3 is 6.01 Å². The Morgan fingerprint density at radius 3 is 2.64 bits per heavy atom. The molecule has 2 aliphatic heterocycles. The average molecular weight is 786 g/mol. The molecule has 7 rings (SSSR count). The normalized spacial score (nSPS) is 26.5. The SMILES string of the molecule is COc1ccc2cc1/C=C/CCCCc1nnc(o1)N[C@@H](C(C)(C)C)C(=O)N1C[C@@H](C[C@H]1C(=O)N[C@]1(C(=O)NS(=O)(=O)C3CC3)C[C@H]1C(F)F)n1ncc-2n1. The lowest BCUT2D eigenvalue weighted by molar-refractivity contribution is -0.141. The van der Waals surface area contributed by atoms with Gasteiger partial charge in [-0.2, -0.15) is 15.0 Å². The minimum Gasteiger partial charge on any atom is -0.496 e. The van der Waals surface area contributed by atoms with Gasteiger partial charge in [0.25, 0.3) is 5.91 Å². The van der Waals surface area contributed by atoms with Crippen LogP contribution in [0.5, 0.6) is 5.75 Å². The molecule has 3 amide bonds. The quantitative estimate of drug-likeness (QED) is 0.315. The molecular weight excluding hydrogens is 741 g/mol. The van der Waals surface area contributed by atoms with Crippen LogP contribution in [0.2, 0.25) is 0 Å². The molecule has 3 aromatic rings. The monoisotopic (exact) mass is 785 g/mol. The number of fused-ring (bicyclic) bond motifs is 10. The van der Waals surface area contributed by atoms with Gasteiger partial charge in [-0.05, 0) is 62.1 Å². The summed E-state index contributed by atoms with van der Waals surface area (Å²) in [5, 5.41) is 22.2. The molecule has 0 radical (unpaired) electrons. The molecule has 0 spiro atoms. The molecule has 1 aromatic carbocycles. The van der Waals surface area contributed by atoms with E-state index in [1.165, 1.54) is 9.70 Å². The fourth-order valence-corrected chi connectivity index (χ4v) is 8.58. The first-order valence-electron chi connectivity index (χ1n) is 18.4. The van der Waals surface area contributed by atoms with Gasteiger partial charge in [-0.1, -0.05) is 38.0 Å². The van der Waals surface area contributed by atoms with Crippen LogP contribution < -0.4 is 20.1 Å². The van der Waals surface area contributed by atoms with Crippen LogP contribution in [-0.2, 0) is 30.8 Å². The lowest BCUT2D eigenvalue weighted by atomic mass is 9.85. The number of methoxy groups -OCH3 is 1. The number of benzene rings is 1. The summed E-state index contributed by atoms with van der Waals surface area (Å²) in [5.74, 6) is -3.21. The van der Waals surface area contributed by atoms with Crippen LogP contribution in [0, 0.1) is 11.3 Å². The van der Waals surface area contributed by atoms with E-state index in [0.29, 0.717) is 36.6 Å². The van der Waals surface area contributed by atoms with Crippen molar-refractivity contribution in [2.45, 2.75) is 107 Å². The van der Waals surface area contributed by atoms with Crippen molar-refractivity contribution in [1.29, 1.82) is 0 Å². The van der Waals surface area contributed by atoms with Crippen molar-refractivity contribution in [3.8, 4) is 17.0 Å². The van der Waals surface area contributed by atoms with Crippen molar-refractivity contribution in [1.82, 2.24) is 40.1 Å². The third kappa shape index (κ3) is 7.93. The zero-order valence-electron chi connectivity index (χ0n) is 31.0. The standard InChI is InChI=1S/C36H45F2N9O7S/c1-35(2,3)29-32(49)46-19-22(16-26(46)31(48)41-36(17-24(36)30(37)38)33(50)45-55(51,52)23-12-13-23)47-39-18-25(44-47)20-11-14-27(53-4)21(15-20)9-7-5-6-8-10-28-42-43-34(40-29)54-28/h7,9,11,14-15,18,22-24,26,29-30H,5-6,8,10,12-13,16-17,19H2,1-4H3,(H,40,43)(H,41,48)(H,45,50)/b9-7+/t22-,24+,26+,29-,36-/m1/s1. The summed E-state index contributed by atoms with van der Waals surface area (Å²) in [6, 6.07) is 2.68. The van der Waals surface area contributed by atoms with E-state index >= 15 is 0 Å². The Bertz CT molecular complexity index is 2090. The first-order chi connectivity index (χ1) is 26.1. The number of aryl methyl sites for hydroxylation is 1. The van der Waals surface area contributed by atoms with E-state index in [-0.39, 0.29) is 19.0 Å². The smallest absolute Gasteiger partial charge is 0.316 e. The van der Waals surface area contributed by atoms with Crippen LogP contribution in [0.4, 0.5) is 14.8 Å². The summed E-state index contributed by atoms with van der Waals surface area (Å²) in [5.41, 5.74) is -0.837. The Hall–Kier alpha value is -4.94. The van der Waals surface area contributed by atoms with Gasteiger partial charge in [0.1, 0.15) is 29.1 Å². The molecule has 0 unspecified atom stereocenters. The van der Waals surface area contributed by atoms with Crippen molar-refractivity contribution in [2.75, 3.05) is 19.0 Å². The molecule has 4 aliphatic rings. The van der Waals surface area contributed by atoms with E-state index in [1.54, 1.807) is 13.3 Å². The fourth-order valence-electron chi connectivity index (χ4n) is 7.22. The molecule has 4 heterocycles. The Balaban J connectivity index is 1.24. The first-order valence-corrected chi connectivity index (χ1v) is 20.0. The molecule has 8 bridgehead atoms. The summed E-state index contributed by atoms with van der Waals surface area (Å²) < 4.78 is 67.0. The molecule has 296 valence electrons. The molecule has 2 aromatic heterocycles. The average Bonchev–Trinajstić information content (AvgIpc) is 3.94. The molecule has 3 N–H and O–H groups in total. The Kier molecular flexibility index (Phi) is 10.2. The topological polar surface area (TPSA) is 204 Å². The van der Waals surface area contributed by atoms with Crippen LogP contribution in [0.3, 0.4) is 0 Å². The van der Waals surface area contributed by atoms with Gasteiger partial charge < -0.3 is 24.7 Å². The summed E-state index contributed by atoms with van der Waals surface area (Å²) in [6.45, 7) is 5.40. The highest BCUT2D eigenvalue weighted by Crippen LogP contribution is 2.48. The van der Waals surface area contributed by atoms with E-state index < -0.39 is 80.8 Å². The van der Waals surface area contributed by atoms with Crippen molar-refractivity contribution in [3.63, 3.8) is 0 Å². The molecule has 19 heteroatoms. The summed E-state index contributed by atoms with van der Waals surface area (Å²) in [7, 11) is -2.52. The van der Waals surface area contributed by atoms with Crippen LogP contribution in [0.15, 0.2) is 34.9 Å². The number of halogens is 2. The molecule has 1 saturated heterocycles. The molecule has 55 heavy (non-hydrogen) atoms. The molecule has 2 aliphatic carbocycles. The highest BCUT2D eigenvalue weighted by molar-refractivity contribution is 7.91. The number of ether oxygens (including phenoxy) is 1. The molecule has 2 saturated carbocycles. The second-order valence-corrected chi connectivity index (χ2v) is 17.7. The minimum absolute atomic E-state index is 0.0146. The van der Waals surface area contributed by atoms with Gasteiger partial charge in [-0.25, -0.2) is 17.2 Å². The highest BCUT2D eigenvalue weighted by Gasteiger charge is 2.67. The van der Waals surface area contributed by atoms with Crippen molar-refractivity contribution in [2.24, 2.45) is 11.3 Å².